The maximum Gasteiger partial charge on any atom is 0.0490 e. The van der Waals surface area contributed by atoms with Crippen LogP contribution in [0.25, 0.3) is 0 Å². The van der Waals surface area contributed by atoms with E-state index in [0.717, 1.165) is 11.8 Å². The van der Waals surface area contributed by atoms with Crippen molar-refractivity contribution in [2.24, 2.45) is 23.6 Å². The molecule has 0 amide bonds. The Morgan fingerprint density at radius 2 is 1.63 bits per heavy atom. The Balaban J connectivity index is 2.06. The van der Waals surface area contributed by atoms with Gasteiger partial charge in [0.05, 0.1) is 0 Å². The van der Waals surface area contributed by atoms with Crippen LogP contribution in [0.2, 0.25) is 0 Å². The lowest BCUT2D eigenvalue weighted by Gasteiger charge is -2.35. The molecule has 0 aromatic heterocycles. The van der Waals surface area contributed by atoms with Gasteiger partial charge >= 0.3 is 0 Å². The second kappa shape index (κ2) is 6.53. The largest absolute Gasteiger partial charge is 0.271 e. The predicted octanol–water partition coefficient (Wildman–Crippen LogP) is 3.96. The van der Waals surface area contributed by atoms with Crippen LogP contribution in [-0.2, 0) is 0 Å². The SMILES string of the molecule is Cc1ccccc1C(NN)C1CCC(C(C)C)CC1. The van der Waals surface area contributed by atoms with Gasteiger partial charge in [0.25, 0.3) is 0 Å². The molecule has 1 unspecified atom stereocenters. The summed E-state index contributed by atoms with van der Waals surface area (Å²) in [6.07, 6.45) is 5.30. The van der Waals surface area contributed by atoms with Gasteiger partial charge in [-0.15, -0.1) is 0 Å². The third-order valence-corrected chi connectivity index (χ3v) is 4.93. The Hall–Kier alpha value is -0.860. The Bertz CT molecular complexity index is 392. The summed E-state index contributed by atoms with van der Waals surface area (Å²) >= 11 is 0. The molecule has 0 radical (unpaired) electrons. The fourth-order valence-electron chi connectivity index (χ4n) is 3.56. The molecular weight excluding hydrogens is 232 g/mol. The van der Waals surface area contributed by atoms with Crippen molar-refractivity contribution in [2.45, 2.75) is 52.5 Å². The Labute approximate surface area is 117 Å². The standard InChI is InChI=1S/C17H28N2/c1-12(2)14-8-10-15(11-9-14)17(19-18)16-7-5-4-6-13(16)3/h4-7,12,14-15,17,19H,8-11,18H2,1-3H3. The van der Waals surface area contributed by atoms with Gasteiger partial charge in [-0.2, -0.15) is 0 Å². The van der Waals surface area contributed by atoms with Crippen molar-refractivity contribution in [3.63, 3.8) is 0 Å². The van der Waals surface area contributed by atoms with Crippen LogP contribution in [0.1, 0.15) is 56.7 Å². The van der Waals surface area contributed by atoms with Gasteiger partial charge in [0, 0.05) is 6.04 Å². The number of rotatable bonds is 4. The number of benzene rings is 1. The minimum Gasteiger partial charge on any atom is -0.271 e. The molecule has 0 saturated heterocycles. The van der Waals surface area contributed by atoms with Crippen molar-refractivity contribution in [3.05, 3.63) is 35.4 Å². The molecule has 106 valence electrons. The highest BCUT2D eigenvalue weighted by Gasteiger charge is 2.29. The topological polar surface area (TPSA) is 38.0 Å². The summed E-state index contributed by atoms with van der Waals surface area (Å²) in [6.45, 7) is 6.88. The molecule has 0 aliphatic heterocycles. The van der Waals surface area contributed by atoms with Crippen LogP contribution in [0.3, 0.4) is 0 Å². The van der Waals surface area contributed by atoms with Gasteiger partial charge < -0.3 is 0 Å². The maximum atomic E-state index is 5.85. The summed E-state index contributed by atoms with van der Waals surface area (Å²) in [7, 11) is 0. The molecule has 2 heteroatoms. The molecule has 1 aliphatic carbocycles. The molecule has 2 nitrogen and oxygen atoms in total. The van der Waals surface area contributed by atoms with E-state index in [9.17, 15) is 0 Å². The Kier molecular flexibility index (Phi) is 5.00. The van der Waals surface area contributed by atoms with E-state index in [4.69, 9.17) is 5.84 Å². The van der Waals surface area contributed by atoms with Gasteiger partial charge in [-0.25, -0.2) is 0 Å². The van der Waals surface area contributed by atoms with Gasteiger partial charge in [0.15, 0.2) is 0 Å². The Morgan fingerprint density at radius 1 is 1.05 bits per heavy atom. The highest BCUT2D eigenvalue weighted by atomic mass is 15.2. The monoisotopic (exact) mass is 260 g/mol. The molecule has 0 heterocycles. The molecule has 1 saturated carbocycles. The van der Waals surface area contributed by atoms with Gasteiger partial charge in [-0.1, -0.05) is 38.1 Å². The second-order valence-electron chi connectivity index (χ2n) is 6.42. The minimum absolute atomic E-state index is 0.314. The molecular formula is C17H28N2. The molecule has 0 spiro atoms. The van der Waals surface area contributed by atoms with Crippen molar-refractivity contribution >= 4 is 0 Å². The average molecular weight is 260 g/mol. The van der Waals surface area contributed by atoms with E-state index in [-0.39, 0.29) is 0 Å². The Morgan fingerprint density at radius 3 is 2.16 bits per heavy atom. The molecule has 19 heavy (non-hydrogen) atoms. The van der Waals surface area contributed by atoms with Crippen LogP contribution in [0.5, 0.6) is 0 Å². The fraction of sp³-hybridized carbons (Fsp3) is 0.647. The zero-order valence-corrected chi connectivity index (χ0v) is 12.5. The van der Waals surface area contributed by atoms with E-state index in [1.165, 1.54) is 36.8 Å². The van der Waals surface area contributed by atoms with Crippen LogP contribution >= 0.6 is 0 Å². The molecule has 1 fully saturated rings. The van der Waals surface area contributed by atoms with Crippen LogP contribution in [-0.4, -0.2) is 0 Å². The van der Waals surface area contributed by atoms with Crippen LogP contribution in [0.15, 0.2) is 24.3 Å². The lowest BCUT2D eigenvalue weighted by molar-refractivity contribution is 0.189. The second-order valence-corrected chi connectivity index (χ2v) is 6.42. The number of aryl methyl sites for hydroxylation is 1. The van der Waals surface area contributed by atoms with E-state index < -0.39 is 0 Å². The quantitative estimate of drug-likeness (QED) is 0.635. The molecule has 0 bridgehead atoms. The third-order valence-electron chi connectivity index (χ3n) is 4.93. The number of nitrogens with one attached hydrogen (secondary N) is 1. The summed E-state index contributed by atoms with van der Waals surface area (Å²) in [5.74, 6) is 8.26. The minimum atomic E-state index is 0.314. The van der Waals surface area contributed by atoms with Crippen molar-refractivity contribution < 1.29 is 0 Å². The normalized spacial score (nSPS) is 25.5. The van der Waals surface area contributed by atoms with Crippen LogP contribution in [0.4, 0.5) is 0 Å². The van der Waals surface area contributed by atoms with Gasteiger partial charge in [-0.05, 0) is 61.5 Å². The molecule has 3 N–H and O–H groups in total. The van der Waals surface area contributed by atoms with Crippen molar-refractivity contribution in [1.82, 2.24) is 5.43 Å². The van der Waals surface area contributed by atoms with Crippen LogP contribution < -0.4 is 11.3 Å². The highest BCUT2D eigenvalue weighted by Crippen LogP contribution is 2.39. The predicted molar refractivity (Wildman–Crippen MR) is 81.5 cm³/mol. The van der Waals surface area contributed by atoms with Gasteiger partial charge in [0.1, 0.15) is 0 Å². The summed E-state index contributed by atoms with van der Waals surface area (Å²) in [5.41, 5.74) is 5.79. The van der Waals surface area contributed by atoms with Gasteiger partial charge in [-0.3, -0.25) is 11.3 Å². The summed E-state index contributed by atoms with van der Waals surface area (Å²) in [4.78, 5) is 0. The van der Waals surface area contributed by atoms with E-state index in [1.54, 1.807) is 0 Å². The van der Waals surface area contributed by atoms with Crippen molar-refractivity contribution in [1.29, 1.82) is 0 Å². The van der Waals surface area contributed by atoms with E-state index in [1.807, 2.05) is 0 Å². The average Bonchev–Trinajstić information content (AvgIpc) is 2.42. The van der Waals surface area contributed by atoms with Crippen molar-refractivity contribution in [2.75, 3.05) is 0 Å². The number of hydrogen-bond acceptors (Lipinski definition) is 2. The highest BCUT2D eigenvalue weighted by molar-refractivity contribution is 5.29. The number of hydrogen-bond donors (Lipinski definition) is 2. The third kappa shape index (κ3) is 3.37. The first-order valence-corrected chi connectivity index (χ1v) is 7.65. The lowest BCUT2D eigenvalue weighted by atomic mass is 9.73. The first kappa shape index (κ1) is 14.5. The molecule has 1 aromatic rings. The first-order chi connectivity index (χ1) is 9.13. The molecule has 1 atom stereocenters. The molecule has 1 aliphatic rings. The maximum absolute atomic E-state index is 5.85. The van der Waals surface area contributed by atoms with E-state index >= 15 is 0 Å². The lowest BCUT2D eigenvalue weighted by Crippen LogP contribution is -2.36. The zero-order valence-electron chi connectivity index (χ0n) is 12.5. The number of nitrogens with two attached hydrogens (primary N) is 1. The van der Waals surface area contributed by atoms with E-state index in [2.05, 4.69) is 50.5 Å². The smallest absolute Gasteiger partial charge is 0.0490 e. The summed E-state index contributed by atoms with van der Waals surface area (Å²) in [5, 5.41) is 0. The fourth-order valence-corrected chi connectivity index (χ4v) is 3.56. The summed E-state index contributed by atoms with van der Waals surface area (Å²) < 4.78 is 0. The summed E-state index contributed by atoms with van der Waals surface area (Å²) in [6, 6.07) is 8.93. The number of hydrazine groups is 1. The molecule has 1 aromatic carbocycles. The molecule has 2 rings (SSSR count). The first-order valence-electron chi connectivity index (χ1n) is 7.65. The zero-order chi connectivity index (χ0) is 13.8. The van der Waals surface area contributed by atoms with E-state index in [0.29, 0.717) is 12.0 Å². The van der Waals surface area contributed by atoms with Crippen molar-refractivity contribution in [3.8, 4) is 0 Å². The van der Waals surface area contributed by atoms with Gasteiger partial charge in [0.2, 0.25) is 0 Å². The van der Waals surface area contributed by atoms with Crippen LogP contribution in [0, 0.1) is 24.7 Å².